The Hall–Kier alpha value is -2.49. The number of anilines is 1. The summed E-state index contributed by atoms with van der Waals surface area (Å²) in [5, 5.41) is 5.92. The molecule has 0 aromatic heterocycles. The van der Waals surface area contributed by atoms with E-state index in [1.54, 1.807) is 20.2 Å². The number of amides is 1. The molecule has 0 unspecified atom stereocenters. The van der Waals surface area contributed by atoms with E-state index in [0.717, 1.165) is 17.0 Å². The van der Waals surface area contributed by atoms with Crippen LogP contribution in [0.1, 0.15) is 15.9 Å². The van der Waals surface area contributed by atoms with Crippen LogP contribution < -0.4 is 15.4 Å². The highest BCUT2D eigenvalue weighted by Crippen LogP contribution is 2.18. The van der Waals surface area contributed by atoms with Gasteiger partial charge in [-0.25, -0.2) is 0 Å². The first kappa shape index (κ1) is 13.9. The molecule has 0 saturated heterocycles. The van der Waals surface area contributed by atoms with Crippen molar-refractivity contribution in [2.24, 2.45) is 0 Å². The van der Waals surface area contributed by atoms with Gasteiger partial charge in [0.15, 0.2) is 0 Å². The van der Waals surface area contributed by atoms with Crippen LogP contribution in [0.4, 0.5) is 5.69 Å². The van der Waals surface area contributed by atoms with Crippen molar-refractivity contribution in [3.05, 3.63) is 59.7 Å². The van der Waals surface area contributed by atoms with Crippen LogP contribution in [0.5, 0.6) is 5.75 Å². The number of nitrogens with one attached hydrogen (secondary N) is 2. The molecule has 0 aliphatic carbocycles. The SMILES string of the molecule is CNc1ccccc1C(=O)NCc1ccccc1OC. The highest BCUT2D eigenvalue weighted by Gasteiger charge is 2.10. The van der Waals surface area contributed by atoms with Gasteiger partial charge in [0.05, 0.1) is 12.7 Å². The van der Waals surface area contributed by atoms with E-state index in [9.17, 15) is 4.79 Å². The first-order chi connectivity index (χ1) is 9.76. The second kappa shape index (κ2) is 6.61. The number of hydrogen-bond acceptors (Lipinski definition) is 3. The topological polar surface area (TPSA) is 50.4 Å². The van der Waals surface area contributed by atoms with Crippen LogP contribution in [0.2, 0.25) is 0 Å². The van der Waals surface area contributed by atoms with Gasteiger partial charge in [-0.1, -0.05) is 30.3 Å². The molecular weight excluding hydrogens is 252 g/mol. The Morgan fingerprint density at radius 1 is 1.10 bits per heavy atom. The fourth-order valence-corrected chi connectivity index (χ4v) is 2.02. The van der Waals surface area contributed by atoms with Crippen molar-refractivity contribution in [2.45, 2.75) is 6.54 Å². The minimum atomic E-state index is -0.110. The Bertz CT molecular complexity index is 597. The summed E-state index contributed by atoms with van der Waals surface area (Å²) in [5.74, 6) is 0.663. The molecule has 1 amide bonds. The molecule has 2 rings (SSSR count). The minimum absolute atomic E-state index is 0.110. The standard InChI is InChI=1S/C16H18N2O2/c1-17-14-9-5-4-8-13(14)16(19)18-11-12-7-3-6-10-15(12)20-2/h3-10,17H,11H2,1-2H3,(H,18,19). The number of hydrogen-bond donors (Lipinski definition) is 2. The smallest absolute Gasteiger partial charge is 0.253 e. The second-order valence-electron chi connectivity index (χ2n) is 4.29. The van der Waals surface area contributed by atoms with Gasteiger partial charge in [-0.3, -0.25) is 4.79 Å². The summed E-state index contributed by atoms with van der Waals surface area (Å²) < 4.78 is 5.26. The average Bonchev–Trinajstić information content (AvgIpc) is 2.52. The molecule has 0 aliphatic rings. The first-order valence-electron chi connectivity index (χ1n) is 6.43. The van der Waals surface area contributed by atoms with Crippen LogP contribution in [0.3, 0.4) is 0 Å². The predicted octanol–water partition coefficient (Wildman–Crippen LogP) is 2.67. The van der Waals surface area contributed by atoms with Gasteiger partial charge in [-0.05, 0) is 18.2 Å². The third-order valence-electron chi connectivity index (χ3n) is 3.07. The van der Waals surface area contributed by atoms with Gasteiger partial charge in [0.1, 0.15) is 5.75 Å². The predicted molar refractivity (Wildman–Crippen MR) is 80.2 cm³/mol. The number of benzene rings is 2. The largest absolute Gasteiger partial charge is 0.496 e. The monoisotopic (exact) mass is 270 g/mol. The van der Waals surface area contributed by atoms with Crippen molar-refractivity contribution in [3.63, 3.8) is 0 Å². The van der Waals surface area contributed by atoms with Crippen molar-refractivity contribution in [3.8, 4) is 5.75 Å². The van der Waals surface area contributed by atoms with E-state index < -0.39 is 0 Å². The van der Waals surface area contributed by atoms with E-state index >= 15 is 0 Å². The molecule has 104 valence electrons. The number of ether oxygens (including phenoxy) is 1. The molecule has 4 nitrogen and oxygen atoms in total. The Kier molecular flexibility index (Phi) is 4.60. The summed E-state index contributed by atoms with van der Waals surface area (Å²) in [6, 6.07) is 15.0. The number of rotatable bonds is 5. The Balaban J connectivity index is 2.09. The molecule has 4 heteroatoms. The zero-order chi connectivity index (χ0) is 14.4. The van der Waals surface area contributed by atoms with Gasteiger partial charge in [0.2, 0.25) is 0 Å². The number of carbonyl (C=O) groups excluding carboxylic acids is 1. The van der Waals surface area contributed by atoms with Crippen LogP contribution in [-0.4, -0.2) is 20.1 Å². The first-order valence-corrected chi connectivity index (χ1v) is 6.43. The average molecular weight is 270 g/mol. The van der Waals surface area contributed by atoms with Crippen LogP contribution in [0.25, 0.3) is 0 Å². The molecule has 0 heterocycles. The molecule has 2 aromatic carbocycles. The lowest BCUT2D eigenvalue weighted by atomic mass is 10.1. The summed E-state index contributed by atoms with van der Waals surface area (Å²) in [6.45, 7) is 0.431. The maximum Gasteiger partial charge on any atom is 0.253 e. The maximum atomic E-state index is 12.2. The minimum Gasteiger partial charge on any atom is -0.496 e. The van der Waals surface area contributed by atoms with Gasteiger partial charge in [0.25, 0.3) is 5.91 Å². The lowest BCUT2D eigenvalue weighted by molar-refractivity contribution is 0.0951. The molecule has 0 fully saturated rings. The van der Waals surface area contributed by atoms with E-state index in [4.69, 9.17) is 4.74 Å². The van der Waals surface area contributed by atoms with E-state index in [-0.39, 0.29) is 5.91 Å². The Morgan fingerprint density at radius 2 is 1.80 bits per heavy atom. The maximum absolute atomic E-state index is 12.2. The molecular formula is C16H18N2O2. The van der Waals surface area contributed by atoms with Gasteiger partial charge < -0.3 is 15.4 Å². The number of carbonyl (C=O) groups is 1. The number of methoxy groups -OCH3 is 1. The molecule has 2 N–H and O–H groups in total. The quantitative estimate of drug-likeness (QED) is 0.878. The third kappa shape index (κ3) is 3.09. The van der Waals surface area contributed by atoms with Gasteiger partial charge in [-0.15, -0.1) is 0 Å². The molecule has 0 saturated carbocycles. The summed E-state index contributed by atoms with van der Waals surface area (Å²) in [7, 11) is 3.42. The van der Waals surface area contributed by atoms with Crippen molar-refractivity contribution >= 4 is 11.6 Å². The summed E-state index contributed by atoms with van der Waals surface area (Å²) in [6.07, 6.45) is 0. The fraction of sp³-hybridized carbons (Fsp3) is 0.188. The highest BCUT2D eigenvalue weighted by molar-refractivity contribution is 5.99. The van der Waals surface area contributed by atoms with Crippen LogP contribution in [-0.2, 0) is 6.54 Å². The van der Waals surface area contributed by atoms with Crippen molar-refractivity contribution < 1.29 is 9.53 Å². The normalized spacial score (nSPS) is 9.90. The third-order valence-corrected chi connectivity index (χ3v) is 3.07. The van der Waals surface area contributed by atoms with Gasteiger partial charge >= 0.3 is 0 Å². The van der Waals surface area contributed by atoms with Crippen molar-refractivity contribution in [2.75, 3.05) is 19.5 Å². The van der Waals surface area contributed by atoms with Crippen LogP contribution in [0, 0.1) is 0 Å². The summed E-state index contributed by atoms with van der Waals surface area (Å²) in [5.41, 5.74) is 2.39. The molecule has 0 aliphatic heterocycles. The van der Waals surface area contributed by atoms with Crippen LogP contribution in [0.15, 0.2) is 48.5 Å². The lowest BCUT2D eigenvalue weighted by Crippen LogP contribution is -2.23. The van der Waals surface area contributed by atoms with E-state index in [2.05, 4.69) is 10.6 Å². The van der Waals surface area contributed by atoms with Gasteiger partial charge in [0, 0.05) is 24.8 Å². The summed E-state index contributed by atoms with van der Waals surface area (Å²) in [4.78, 5) is 12.2. The molecule has 0 spiro atoms. The van der Waals surface area contributed by atoms with E-state index in [1.807, 2.05) is 42.5 Å². The number of para-hydroxylation sites is 2. The lowest BCUT2D eigenvalue weighted by Gasteiger charge is -2.11. The zero-order valence-corrected chi connectivity index (χ0v) is 11.6. The highest BCUT2D eigenvalue weighted by atomic mass is 16.5. The van der Waals surface area contributed by atoms with Gasteiger partial charge in [-0.2, -0.15) is 0 Å². The van der Waals surface area contributed by atoms with Crippen molar-refractivity contribution in [1.29, 1.82) is 0 Å². The Labute approximate surface area is 118 Å². The summed E-state index contributed by atoms with van der Waals surface area (Å²) >= 11 is 0. The van der Waals surface area contributed by atoms with Crippen LogP contribution >= 0.6 is 0 Å². The van der Waals surface area contributed by atoms with E-state index in [0.29, 0.717) is 12.1 Å². The second-order valence-corrected chi connectivity index (χ2v) is 4.29. The molecule has 0 atom stereocenters. The fourth-order valence-electron chi connectivity index (χ4n) is 2.02. The molecule has 0 bridgehead atoms. The molecule has 2 aromatic rings. The van der Waals surface area contributed by atoms with E-state index in [1.165, 1.54) is 0 Å². The van der Waals surface area contributed by atoms with Crippen molar-refractivity contribution in [1.82, 2.24) is 5.32 Å². The molecule has 20 heavy (non-hydrogen) atoms. The molecule has 0 radical (unpaired) electrons. The Morgan fingerprint density at radius 3 is 2.55 bits per heavy atom. The zero-order valence-electron chi connectivity index (χ0n) is 11.6.